The van der Waals surface area contributed by atoms with Gasteiger partial charge in [-0.25, -0.2) is 14.3 Å². The number of aliphatic carboxylic acids is 1. The lowest BCUT2D eigenvalue weighted by molar-refractivity contribution is -0.147. The van der Waals surface area contributed by atoms with Crippen molar-refractivity contribution in [3.05, 3.63) is 29.2 Å². The van der Waals surface area contributed by atoms with Gasteiger partial charge in [-0.3, -0.25) is 4.79 Å². The highest BCUT2D eigenvalue weighted by Crippen LogP contribution is 2.17. The molecule has 1 atom stereocenters. The maximum atomic E-state index is 12.7. The van der Waals surface area contributed by atoms with Crippen LogP contribution in [-0.2, 0) is 9.53 Å². The van der Waals surface area contributed by atoms with Gasteiger partial charge in [0.1, 0.15) is 5.56 Å². The van der Waals surface area contributed by atoms with Crippen LogP contribution in [0.15, 0.2) is 12.3 Å². The van der Waals surface area contributed by atoms with E-state index < -0.39 is 12.0 Å². The molecule has 0 radical (unpaired) electrons. The molecule has 116 valence electrons. The summed E-state index contributed by atoms with van der Waals surface area (Å²) < 4.78 is 6.74. The van der Waals surface area contributed by atoms with Crippen LogP contribution in [0.1, 0.15) is 21.7 Å². The number of carbonyl (C=O) groups is 2. The van der Waals surface area contributed by atoms with Crippen LogP contribution in [0.4, 0.5) is 0 Å². The van der Waals surface area contributed by atoms with Gasteiger partial charge in [0.15, 0.2) is 11.7 Å². The molecule has 1 aliphatic heterocycles. The monoisotopic (exact) mass is 304 g/mol. The van der Waals surface area contributed by atoms with E-state index in [9.17, 15) is 14.7 Å². The Balaban J connectivity index is 2.03. The topological polar surface area (TPSA) is 97.0 Å². The third-order valence-corrected chi connectivity index (χ3v) is 3.68. The molecule has 2 aromatic heterocycles. The van der Waals surface area contributed by atoms with Crippen molar-refractivity contribution in [2.75, 3.05) is 19.8 Å². The van der Waals surface area contributed by atoms with Crippen LogP contribution in [-0.4, -0.2) is 62.3 Å². The van der Waals surface area contributed by atoms with Gasteiger partial charge in [0.25, 0.3) is 5.91 Å². The second-order valence-corrected chi connectivity index (χ2v) is 5.26. The van der Waals surface area contributed by atoms with Gasteiger partial charge < -0.3 is 14.7 Å². The highest BCUT2D eigenvalue weighted by Gasteiger charge is 2.34. The average Bonchev–Trinajstić information content (AvgIpc) is 2.90. The zero-order chi connectivity index (χ0) is 15.9. The van der Waals surface area contributed by atoms with E-state index in [2.05, 4.69) is 10.1 Å². The SMILES string of the molecule is Cc1cc(C)n2ncc(C(=O)N3CCOC[C@H]3C(=O)O)c2n1. The molecule has 0 aromatic carbocycles. The molecule has 1 amide bonds. The number of hydrogen-bond acceptors (Lipinski definition) is 5. The molecule has 1 aliphatic rings. The predicted molar refractivity (Wildman–Crippen MR) is 75.7 cm³/mol. The Morgan fingerprint density at radius 2 is 2.18 bits per heavy atom. The Morgan fingerprint density at radius 3 is 2.91 bits per heavy atom. The first-order valence-corrected chi connectivity index (χ1v) is 6.92. The molecule has 3 rings (SSSR count). The molecular weight excluding hydrogens is 288 g/mol. The van der Waals surface area contributed by atoms with Crippen molar-refractivity contribution in [3.8, 4) is 0 Å². The second-order valence-electron chi connectivity index (χ2n) is 5.26. The lowest BCUT2D eigenvalue weighted by atomic mass is 10.2. The van der Waals surface area contributed by atoms with Crippen molar-refractivity contribution in [1.29, 1.82) is 0 Å². The van der Waals surface area contributed by atoms with E-state index in [0.29, 0.717) is 17.8 Å². The third kappa shape index (κ3) is 2.31. The van der Waals surface area contributed by atoms with Gasteiger partial charge in [0.05, 0.1) is 19.4 Å². The molecule has 1 fully saturated rings. The molecule has 2 aromatic rings. The molecule has 3 heterocycles. The number of nitrogens with zero attached hydrogens (tertiary/aromatic N) is 4. The van der Waals surface area contributed by atoms with Crippen LogP contribution in [0.25, 0.3) is 5.65 Å². The van der Waals surface area contributed by atoms with Gasteiger partial charge in [-0.1, -0.05) is 0 Å². The maximum Gasteiger partial charge on any atom is 0.328 e. The summed E-state index contributed by atoms with van der Waals surface area (Å²) in [5, 5.41) is 13.4. The fourth-order valence-corrected chi connectivity index (χ4v) is 2.63. The van der Waals surface area contributed by atoms with Crippen molar-refractivity contribution in [1.82, 2.24) is 19.5 Å². The molecule has 1 saturated heterocycles. The van der Waals surface area contributed by atoms with E-state index >= 15 is 0 Å². The van der Waals surface area contributed by atoms with Crippen LogP contribution in [0, 0.1) is 13.8 Å². The molecular formula is C14H16N4O4. The lowest BCUT2D eigenvalue weighted by Crippen LogP contribution is -2.52. The van der Waals surface area contributed by atoms with Crippen molar-refractivity contribution in [2.24, 2.45) is 0 Å². The van der Waals surface area contributed by atoms with E-state index in [4.69, 9.17) is 4.74 Å². The van der Waals surface area contributed by atoms with Gasteiger partial charge in [-0.05, 0) is 19.9 Å². The highest BCUT2D eigenvalue weighted by atomic mass is 16.5. The minimum absolute atomic E-state index is 0.00816. The Hall–Kier alpha value is -2.48. The van der Waals surface area contributed by atoms with E-state index in [1.165, 1.54) is 11.1 Å². The third-order valence-electron chi connectivity index (χ3n) is 3.68. The van der Waals surface area contributed by atoms with Gasteiger partial charge in [-0.15, -0.1) is 0 Å². The predicted octanol–water partition coefficient (Wildman–Crippen LogP) is 0.272. The van der Waals surface area contributed by atoms with E-state index in [0.717, 1.165) is 11.4 Å². The highest BCUT2D eigenvalue weighted by molar-refractivity contribution is 6.01. The summed E-state index contributed by atoms with van der Waals surface area (Å²) in [6, 6.07) is 0.880. The first kappa shape index (κ1) is 14.5. The summed E-state index contributed by atoms with van der Waals surface area (Å²) in [7, 11) is 0. The largest absolute Gasteiger partial charge is 0.480 e. The number of carboxylic acids is 1. The van der Waals surface area contributed by atoms with Gasteiger partial charge in [0.2, 0.25) is 0 Å². The van der Waals surface area contributed by atoms with Crippen molar-refractivity contribution >= 4 is 17.5 Å². The smallest absolute Gasteiger partial charge is 0.328 e. The Bertz CT molecular complexity index is 755. The average molecular weight is 304 g/mol. The molecule has 0 unspecified atom stereocenters. The normalized spacial score (nSPS) is 18.6. The standard InChI is InChI=1S/C14H16N4O4/c1-8-5-9(2)18-12(16-8)10(6-15-18)13(19)17-3-4-22-7-11(17)14(20)21/h5-6,11H,3-4,7H2,1-2H3,(H,20,21)/t11-/m0/s1. The molecule has 1 N–H and O–H groups in total. The summed E-state index contributed by atoms with van der Waals surface area (Å²) in [5.74, 6) is -1.46. The molecule has 8 heteroatoms. The van der Waals surface area contributed by atoms with E-state index in [1.807, 2.05) is 19.9 Å². The molecule has 22 heavy (non-hydrogen) atoms. The maximum absolute atomic E-state index is 12.7. The number of fused-ring (bicyclic) bond motifs is 1. The summed E-state index contributed by atoms with van der Waals surface area (Å²) >= 11 is 0. The Labute approximate surface area is 126 Å². The minimum Gasteiger partial charge on any atom is -0.480 e. The summed E-state index contributed by atoms with van der Waals surface area (Å²) in [6.07, 6.45) is 1.44. The van der Waals surface area contributed by atoms with Crippen LogP contribution in [0.2, 0.25) is 0 Å². The van der Waals surface area contributed by atoms with Gasteiger partial charge in [0, 0.05) is 17.9 Å². The molecule has 0 aliphatic carbocycles. The number of amides is 1. The number of aromatic nitrogens is 3. The molecule has 0 bridgehead atoms. The molecule has 8 nitrogen and oxygen atoms in total. The zero-order valence-electron chi connectivity index (χ0n) is 12.3. The van der Waals surface area contributed by atoms with E-state index in [1.54, 1.807) is 4.52 Å². The van der Waals surface area contributed by atoms with Gasteiger partial charge >= 0.3 is 5.97 Å². The van der Waals surface area contributed by atoms with Crippen LogP contribution < -0.4 is 0 Å². The van der Waals surface area contributed by atoms with Crippen LogP contribution >= 0.6 is 0 Å². The lowest BCUT2D eigenvalue weighted by Gasteiger charge is -2.32. The van der Waals surface area contributed by atoms with Gasteiger partial charge in [-0.2, -0.15) is 5.10 Å². The van der Waals surface area contributed by atoms with Crippen LogP contribution in [0.5, 0.6) is 0 Å². The minimum atomic E-state index is -1.08. The number of aryl methyl sites for hydroxylation is 2. The first-order chi connectivity index (χ1) is 10.5. The van der Waals surface area contributed by atoms with E-state index in [-0.39, 0.29) is 19.1 Å². The fourth-order valence-electron chi connectivity index (χ4n) is 2.63. The summed E-state index contributed by atoms with van der Waals surface area (Å²) in [5.41, 5.74) is 2.38. The number of rotatable bonds is 2. The zero-order valence-corrected chi connectivity index (χ0v) is 12.3. The van der Waals surface area contributed by atoms with Crippen molar-refractivity contribution in [2.45, 2.75) is 19.9 Å². The molecule has 0 spiro atoms. The van der Waals surface area contributed by atoms with Crippen molar-refractivity contribution < 1.29 is 19.4 Å². The number of ether oxygens (including phenoxy) is 1. The number of carboxylic acid groups (broad SMARTS) is 1. The first-order valence-electron chi connectivity index (χ1n) is 6.92. The number of carbonyl (C=O) groups excluding carboxylic acids is 1. The molecule has 0 saturated carbocycles. The summed E-state index contributed by atoms with van der Waals surface area (Å²) in [4.78, 5) is 29.7. The Morgan fingerprint density at radius 1 is 1.41 bits per heavy atom. The number of hydrogen-bond donors (Lipinski definition) is 1. The Kier molecular flexibility index (Phi) is 3.53. The fraction of sp³-hybridized carbons (Fsp3) is 0.429. The van der Waals surface area contributed by atoms with Crippen molar-refractivity contribution in [3.63, 3.8) is 0 Å². The number of morpholine rings is 1. The quantitative estimate of drug-likeness (QED) is 0.855. The summed E-state index contributed by atoms with van der Waals surface area (Å²) in [6.45, 7) is 4.25. The van der Waals surface area contributed by atoms with Crippen LogP contribution in [0.3, 0.4) is 0 Å². The second kappa shape index (κ2) is 5.38.